The topological polar surface area (TPSA) is 52.1 Å². The minimum absolute atomic E-state index is 2.82. The molecule has 1 aromatic heterocycles. The van der Waals surface area contributed by atoms with Gasteiger partial charge in [-0.15, -0.1) is 9.36 Å². The summed E-state index contributed by atoms with van der Waals surface area (Å²) < 4.78 is 7.36. The Hall–Kier alpha value is -0.800. The van der Waals surface area contributed by atoms with Crippen molar-refractivity contribution in [2.45, 2.75) is 0 Å². The van der Waals surface area contributed by atoms with Crippen molar-refractivity contribution < 1.29 is 9.36 Å². The fourth-order valence-corrected chi connectivity index (χ4v) is 0.0333. The van der Waals surface area contributed by atoms with Crippen LogP contribution in [-0.4, -0.2) is 10.5 Å². The molecule has 1 heterocycles. The van der Waals surface area contributed by atoms with E-state index in [2.05, 4.69) is 19.9 Å². The first kappa shape index (κ1) is 1.51. The van der Waals surface area contributed by atoms with E-state index < -0.39 is 0 Å². The van der Waals surface area contributed by atoms with Gasteiger partial charge in [0.1, 0.15) is 10.5 Å². The van der Waals surface area contributed by atoms with Gasteiger partial charge in [0.2, 0.25) is 0 Å². The summed E-state index contributed by atoms with van der Waals surface area (Å²) in [7, 11) is 0. The van der Waals surface area contributed by atoms with Gasteiger partial charge < -0.3 is 0 Å². The molecule has 0 fully saturated rings. The van der Waals surface area contributed by atoms with Crippen LogP contribution < -0.4 is 0 Å². The van der Waals surface area contributed by atoms with E-state index in [-0.39, 0.29) is 0 Å². The normalized spacial score (nSPS) is 8.00. The molecular weight excluding hydrogens is 60.0 g/mol. The van der Waals surface area contributed by atoms with Crippen LogP contribution in [0.5, 0.6) is 0 Å². The molecule has 0 amide bonds. The van der Waals surface area contributed by atoms with Gasteiger partial charge in [-0.1, -0.05) is 0 Å². The molecule has 0 saturated carbocycles. The van der Waals surface area contributed by atoms with Gasteiger partial charge in [0, 0.05) is 0 Å². The Kier molecular flexibility index (Phi) is 0.117. The third kappa shape index (κ3) is 0.00469. The maximum Gasteiger partial charge on any atom is 0.120 e. The average Bonchev–Trinajstić information content (AvgIpc) is 0.722. The van der Waals surface area contributed by atoms with E-state index in [1.165, 1.54) is 0 Å². The van der Waals surface area contributed by atoms with E-state index in [0.717, 1.165) is 0 Å². The van der Waals surface area contributed by atoms with Crippen LogP contribution in [0, 0.1) is 0 Å². The molecule has 0 bridgehead atoms. The summed E-state index contributed by atoms with van der Waals surface area (Å²) in [6, 6.07) is 0. The largest absolute Gasteiger partial charge is 0.120 e. The van der Waals surface area contributed by atoms with Crippen molar-refractivity contribution in [3.05, 3.63) is 0 Å². The molecular formula is N2O2. The molecule has 4 heavy (non-hydrogen) atoms. The highest BCUT2D eigenvalue weighted by Gasteiger charge is 1.64. The summed E-state index contributed by atoms with van der Waals surface area (Å²) in [6.07, 6.45) is 0. The Labute approximate surface area is 21.3 Å². The molecule has 0 aliphatic heterocycles. The van der Waals surface area contributed by atoms with Crippen LogP contribution in [-0.2, 0) is 0 Å². The van der Waals surface area contributed by atoms with Crippen LogP contribution in [0.15, 0.2) is 9.36 Å². The van der Waals surface area contributed by atoms with Gasteiger partial charge in [-0.25, -0.2) is 0 Å². The first-order valence-corrected chi connectivity index (χ1v) is 0.732. The van der Waals surface area contributed by atoms with Crippen molar-refractivity contribution >= 4 is 0 Å². The van der Waals surface area contributed by atoms with Crippen molar-refractivity contribution in [1.82, 2.24) is 10.5 Å². The number of hydrogen-bond donors (Lipinski definition) is 0. The molecule has 1 aromatic rings. The van der Waals surface area contributed by atoms with Gasteiger partial charge in [0.15, 0.2) is 0 Å². The number of nitrogens with zero attached hydrogens (tertiary/aromatic N) is 2. The van der Waals surface area contributed by atoms with Gasteiger partial charge in [-0.05, 0) is 0 Å². The van der Waals surface area contributed by atoms with Gasteiger partial charge in [0.05, 0.1) is 0 Å². The lowest BCUT2D eigenvalue weighted by Gasteiger charge is -1.64. The van der Waals surface area contributed by atoms with Crippen LogP contribution in [0.3, 0.4) is 0 Å². The molecule has 0 saturated heterocycles. The number of rotatable bonds is 0. The van der Waals surface area contributed by atoms with Crippen molar-refractivity contribution in [2.24, 2.45) is 0 Å². The predicted octanol–water partition coefficient (Wildman–Crippen LogP) is -0.337. The van der Waals surface area contributed by atoms with Crippen LogP contribution in [0.25, 0.3) is 0 Å². The van der Waals surface area contributed by atoms with Gasteiger partial charge in [0.25, 0.3) is 0 Å². The average molecular weight is 60.0 g/mol. The second-order valence-electron chi connectivity index (χ2n) is 0.312. The minimum Gasteiger partial charge on any atom is -0.120 e. The highest BCUT2D eigenvalue weighted by atomic mass is 17.1. The van der Waals surface area contributed by atoms with Gasteiger partial charge in [-0.3, -0.25) is 0 Å². The molecule has 1 rings (SSSR count). The lowest BCUT2D eigenvalue weighted by molar-refractivity contribution is -0.165. The Morgan fingerprint density at radius 2 is 1.25 bits per heavy atom. The van der Waals surface area contributed by atoms with Crippen molar-refractivity contribution in [3.8, 4) is 0 Å². The Bertz CT molecular complexity index is 45.8. The van der Waals surface area contributed by atoms with E-state index in [1.54, 1.807) is 0 Å². The van der Waals surface area contributed by atoms with Crippen molar-refractivity contribution in [2.75, 3.05) is 0 Å². The second-order valence-corrected chi connectivity index (χ2v) is 0.312. The van der Waals surface area contributed by atoms with E-state index in [4.69, 9.17) is 0 Å². The monoisotopic (exact) mass is 60.0 g/mol. The van der Waals surface area contributed by atoms with Crippen LogP contribution in [0.1, 0.15) is 0 Å². The first-order valence-electron chi connectivity index (χ1n) is 0.732. The summed E-state index contributed by atoms with van der Waals surface area (Å²) >= 11 is 0. The third-order valence-electron chi connectivity index (χ3n) is 0.133. The summed E-state index contributed by atoms with van der Waals surface area (Å²) in [6.45, 7) is 0. The summed E-state index contributed by atoms with van der Waals surface area (Å²) in [4.78, 5) is 0. The maximum absolute atomic E-state index is 3.68. The van der Waals surface area contributed by atoms with E-state index in [0.29, 0.717) is 0 Å². The van der Waals surface area contributed by atoms with Crippen LogP contribution >= 0.6 is 0 Å². The van der Waals surface area contributed by atoms with Crippen LogP contribution in [0.2, 0.25) is 0 Å². The zero-order chi connectivity index (χ0) is 2.83. The van der Waals surface area contributed by atoms with Crippen molar-refractivity contribution in [3.63, 3.8) is 0 Å². The van der Waals surface area contributed by atoms with E-state index in [9.17, 15) is 0 Å². The molecule has 0 atom stereocenters. The zero-order valence-corrected chi connectivity index (χ0v) is 1.71. The quantitative estimate of drug-likeness (QED) is 0.384. The van der Waals surface area contributed by atoms with E-state index in [1.807, 2.05) is 0 Å². The molecule has 22 valence electrons. The summed E-state index contributed by atoms with van der Waals surface area (Å²) in [5, 5.41) is 5.64. The maximum atomic E-state index is 3.68. The molecule has 0 unspecified atom stereocenters. The van der Waals surface area contributed by atoms with Crippen LogP contribution in [0.4, 0.5) is 0 Å². The number of hydrogen-bond acceptors (Lipinski definition) is 4. The highest BCUT2D eigenvalue weighted by Crippen LogP contribution is 1.58. The van der Waals surface area contributed by atoms with Crippen molar-refractivity contribution in [1.29, 1.82) is 0 Å². The van der Waals surface area contributed by atoms with Gasteiger partial charge >= 0.3 is 0 Å². The molecule has 0 aliphatic rings. The smallest absolute Gasteiger partial charge is 0.120 e. The lowest BCUT2D eigenvalue weighted by Crippen LogP contribution is -1.75. The fourth-order valence-electron chi connectivity index (χ4n) is 0.0333. The molecule has 0 aliphatic carbocycles. The molecule has 4 nitrogen and oxygen atoms in total. The molecule has 4 heteroatoms. The Morgan fingerprint density at radius 3 is 1.25 bits per heavy atom. The standard InChI is InChI=1S/N2O2/c1-2-4-3-1. The molecule has 0 N–H and O–H groups in total. The Balaban J connectivity index is 3.00. The summed E-state index contributed by atoms with van der Waals surface area (Å²) in [5.74, 6) is 0. The Morgan fingerprint density at radius 1 is 1.00 bits per heavy atom. The minimum atomic E-state index is 2.82. The first-order chi connectivity index (χ1) is 2.00. The predicted molar refractivity (Wildman–Crippen MR) is 6.56 cm³/mol. The molecule has 0 radical (unpaired) electrons. The van der Waals surface area contributed by atoms with Gasteiger partial charge in [-0.2, -0.15) is 0 Å². The highest BCUT2D eigenvalue weighted by molar-refractivity contribution is 3.45. The lowest BCUT2D eigenvalue weighted by atomic mass is 12.9. The summed E-state index contributed by atoms with van der Waals surface area (Å²) in [5.41, 5.74) is 0. The fraction of sp³-hybridized carbons (Fsp3) is 0. The van der Waals surface area contributed by atoms with E-state index >= 15 is 0 Å². The second kappa shape index (κ2) is 0.309. The third-order valence-corrected chi connectivity index (χ3v) is 0.133. The zero-order valence-electron chi connectivity index (χ0n) is 1.71. The number of aromatic nitrogens is 2. The SMILES string of the molecule is n1noo1. The molecule has 0 spiro atoms. The molecule has 0 aromatic carbocycles.